The molecule has 1 heterocycles. The van der Waals surface area contributed by atoms with Gasteiger partial charge < -0.3 is 11.1 Å². The average molecular weight is 241 g/mol. The summed E-state index contributed by atoms with van der Waals surface area (Å²) in [5, 5.41) is 4.36. The summed E-state index contributed by atoms with van der Waals surface area (Å²) in [6, 6.07) is 7.22. The summed E-state index contributed by atoms with van der Waals surface area (Å²) in [6.07, 6.45) is 0. The van der Waals surface area contributed by atoms with Crippen molar-refractivity contribution in [3.05, 3.63) is 34.2 Å². The molecular formula is C10H9ClN2OS. The van der Waals surface area contributed by atoms with Crippen LogP contribution < -0.4 is 11.1 Å². The molecule has 0 bridgehead atoms. The Balaban J connectivity index is 2.27. The topological polar surface area (TPSA) is 55.1 Å². The molecule has 0 aliphatic rings. The van der Waals surface area contributed by atoms with Crippen LogP contribution in [0.3, 0.4) is 0 Å². The lowest BCUT2D eigenvalue weighted by Crippen LogP contribution is -2.28. The number of halogens is 1. The van der Waals surface area contributed by atoms with Gasteiger partial charge in [-0.1, -0.05) is 11.6 Å². The van der Waals surface area contributed by atoms with Crippen molar-refractivity contribution >= 4 is 39.1 Å². The Hall–Kier alpha value is -1.26. The zero-order valence-electron chi connectivity index (χ0n) is 7.79. The highest BCUT2D eigenvalue weighted by Crippen LogP contribution is 2.27. The molecule has 2 aromatic rings. The quantitative estimate of drug-likeness (QED) is 0.833. The summed E-state index contributed by atoms with van der Waals surface area (Å²) in [5.74, 6) is 0. The van der Waals surface area contributed by atoms with E-state index in [1.165, 1.54) is 0 Å². The highest BCUT2D eigenvalue weighted by molar-refractivity contribution is 7.19. The van der Waals surface area contributed by atoms with E-state index in [4.69, 9.17) is 17.3 Å². The van der Waals surface area contributed by atoms with E-state index in [1.807, 2.05) is 24.3 Å². The van der Waals surface area contributed by atoms with E-state index < -0.39 is 6.03 Å². The molecule has 0 unspecified atom stereocenters. The summed E-state index contributed by atoms with van der Waals surface area (Å²) in [7, 11) is 0. The van der Waals surface area contributed by atoms with Crippen LogP contribution in [-0.4, -0.2) is 6.03 Å². The molecular weight excluding hydrogens is 232 g/mol. The largest absolute Gasteiger partial charge is 0.352 e. The molecule has 5 heteroatoms. The summed E-state index contributed by atoms with van der Waals surface area (Å²) in [5.41, 5.74) is 4.99. The fourth-order valence-electron chi connectivity index (χ4n) is 1.33. The number of hydrogen-bond donors (Lipinski definition) is 2. The molecule has 0 saturated heterocycles. The van der Waals surface area contributed by atoms with Crippen LogP contribution in [0.15, 0.2) is 24.3 Å². The highest BCUT2D eigenvalue weighted by atomic mass is 35.5. The van der Waals surface area contributed by atoms with Crippen molar-refractivity contribution in [1.82, 2.24) is 5.32 Å². The molecule has 3 N–H and O–H groups in total. The summed E-state index contributed by atoms with van der Waals surface area (Å²) < 4.78 is 1.15. The van der Waals surface area contributed by atoms with E-state index >= 15 is 0 Å². The normalized spacial score (nSPS) is 10.5. The maximum atomic E-state index is 10.5. The van der Waals surface area contributed by atoms with E-state index in [0.717, 1.165) is 20.0 Å². The van der Waals surface area contributed by atoms with Crippen molar-refractivity contribution in [3.63, 3.8) is 0 Å². The Kier molecular flexibility index (Phi) is 2.79. The van der Waals surface area contributed by atoms with E-state index in [9.17, 15) is 4.79 Å². The number of amides is 2. The Morgan fingerprint density at radius 1 is 1.47 bits per heavy atom. The second-order valence-electron chi connectivity index (χ2n) is 3.11. The summed E-state index contributed by atoms with van der Waals surface area (Å²) >= 11 is 7.49. The summed E-state index contributed by atoms with van der Waals surface area (Å²) in [4.78, 5) is 11.6. The van der Waals surface area contributed by atoms with Gasteiger partial charge in [0, 0.05) is 14.6 Å². The number of nitrogens with one attached hydrogen (secondary N) is 1. The van der Waals surface area contributed by atoms with Crippen LogP contribution in [0.1, 0.15) is 4.88 Å². The van der Waals surface area contributed by atoms with Crippen LogP contribution in [-0.2, 0) is 6.54 Å². The van der Waals surface area contributed by atoms with Gasteiger partial charge in [0.1, 0.15) is 0 Å². The molecule has 0 spiro atoms. The predicted octanol–water partition coefficient (Wildman–Crippen LogP) is 2.72. The maximum absolute atomic E-state index is 10.5. The first-order chi connectivity index (χ1) is 7.15. The maximum Gasteiger partial charge on any atom is 0.312 e. The molecule has 15 heavy (non-hydrogen) atoms. The second-order valence-corrected chi connectivity index (χ2v) is 4.72. The standard InChI is InChI=1S/C10H9ClN2OS/c11-7-1-2-9-6(3-7)4-8(15-9)5-13-10(12)14/h1-4H,5H2,(H3,12,13,14). The van der Waals surface area contributed by atoms with Gasteiger partial charge in [-0.2, -0.15) is 0 Å². The fraction of sp³-hybridized carbons (Fsp3) is 0.100. The van der Waals surface area contributed by atoms with Gasteiger partial charge >= 0.3 is 6.03 Å². The van der Waals surface area contributed by atoms with Gasteiger partial charge in [0.05, 0.1) is 6.54 Å². The number of benzene rings is 1. The molecule has 0 aliphatic heterocycles. The van der Waals surface area contributed by atoms with Crippen molar-refractivity contribution < 1.29 is 4.79 Å². The first kappa shape index (κ1) is 10.3. The van der Waals surface area contributed by atoms with Crippen LogP contribution in [0.4, 0.5) is 4.79 Å². The number of rotatable bonds is 2. The smallest absolute Gasteiger partial charge is 0.312 e. The molecule has 1 aromatic carbocycles. The third-order valence-electron chi connectivity index (χ3n) is 1.97. The van der Waals surface area contributed by atoms with Crippen LogP contribution in [0, 0.1) is 0 Å². The number of fused-ring (bicyclic) bond motifs is 1. The zero-order valence-corrected chi connectivity index (χ0v) is 9.36. The predicted molar refractivity (Wildman–Crippen MR) is 63.3 cm³/mol. The number of primary amides is 1. The molecule has 0 saturated carbocycles. The first-order valence-electron chi connectivity index (χ1n) is 4.36. The van der Waals surface area contributed by atoms with Gasteiger partial charge in [0.25, 0.3) is 0 Å². The number of nitrogens with two attached hydrogens (primary N) is 1. The van der Waals surface area contributed by atoms with Crippen molar-refractivity contribution in [1.29, 1.82) is 0 Å². The Morgan fingerprint density at radius 2 is 2.27 bits per heavy atom. The molecule has 2 rings (SSSR count). The number of urea groups is 1. The fourth-order valence-corrected chi connectivity index (χ4v) is 2.50. The van der Waals surface area contributed by atoms with Gasteiger partial charge in [-0.05, 0) is 29.7 Å². The lowest BCUT2D eigenvalue weighted by atomic mass is 10.2. The lowest BCUT2D eigenvalue weighted by molar-refractivity contribution is 0.248. The molecule has 78 valence electrons. The Morgan fingerprint density at radius 3 is 3.00 bits per heavy atom. The second kappa shape index (κ2) is 4.08. The van der Waals surface area contributed by atoms with Gasteiger partial charge in [-0.25, -0.2) is 4.79 Å². The van der Waals surface area contributed by atoms with Crippen molar-refractivity contribution in [3.8, 4) is 0 Å². The Labute approximate surface area is 95.8 Å². The number of carbonyl (C=O) groups excluding carboxylic acids is 1. The minimum Gasteiger partial charge on any atom is -0.352 e. The molecule has 0 atom stereocenters. The van der Waals surface area contributed by atoms with Crippen molar-refractivity contribution in [2.45, 2.75) is 6.54 Å². The number of thiophene rings is 1. The number of carbonyl (C=O) groups is 1. The lowest BCUT2D eigenvalue weighted by Gasteiger charge is -1.95. The summed E-state index contributed by atoms with van der Waals surface area (Å²) in [6.45, 7) is 0.465. The van der Waals surface area contributed by atoms with Crippen LogP contribution in [0.2, 0.25) is 5.02 Å². The van der Waals surface area contributed by atoms with Crippen LogP contribution in [0.5, 0.6) is 0 Å². The van der Waals surface area contributed by atoms with Gasteiger partial charge in [-0.15, -0.1) is 11.3 Å². The minimum atomic E-state index is -0.509. The third kappa shape index (κ3) is 2.40. The molecule has 0 radical (unpaired) electrons. The number of hydrogen-bond acceptors (Lipinski definition) is 2. The minimum absolute atomic E-state index is 0.465. The average Bonchev–Trinajstić information content (AvgIpc) is 2.56. The van der Waals surface area contributed by atoms with Gasteiger partial charge in [0.15, 0.2) is 0 Å². The SMILES string of the molecule is NC(=O)NCc1cc2cc(Cl)ccc2s1. The van der Waals surface area contributed by atoms with Gasteiger partial charge in [-0.3, -0.25) is 0 Å². The van der Waals surface area contributed by atoms with Crippen LogP contribution >= 0.6 is 22.9 Å². The molecule has 3 nitrogen and oxygen atoms in total. The molecule has 0 fully saturated rings. The van der Waals surface area contributed by atoms with E-state index in [2.05, 4.69) is 5.32 Å². The van der Waals surface area contributed by atoms with E-state index in [0.29, 0.717) is 6.54 Å². The molecule has 2 amide bonds. The van der Waals surface area contributed by atoms with Crippen LogP contribution in [0.25, 0.3) is 10.1 Å². The van der Waals surface area contributed by atoms with E-state index in [1.54, 1.807) is 11.3 Å². The van der Waals surface area contributed by atoms with Gasteiger partial charge in [0.2, 0.25) is 0 Å². The first-order valence-corrected chi connectivity index (χ1v) is 5.56. The van der Waals surface area contributed by atoms with Crippen molar-refractivity contribution in [2.75, 3.05) is 0 Å². The molecule has 0 aliphatic carbocycles. The zero-order chi connectivity index (χ0) is 10.8. The van der Waals surface area contributed by atoms with E-state index in [-0.39, 0.29) is 0 Å². The van der Waals surface area contributed by atoms with Crippen molar-refractivity contribution in [2.24, 2.45) is 5.73 Å². The highest BCUT2D eigenvalue weighted by Gasteiger charge is 2.02. The third-order valence-corrected chi connectivity index (χ3v) is 3.32. The Bertz CT molecular complexity index is 509. The molecule has 1 aromatic heterocycles. The monoisotopic (exact) mass is 240 g/mol.